The fourth-order valence-electron chi connectivity index (χ4n) is 0.472. The molecule has 0 aromatic rings. The summed E-state index contributed by atoms with van der Waals surface area (Å²) >= 11 is 0. The third-order valence-electron chi connectivity index (χ3n) is 1.09. The van der Waals surface area contributed by atoms with Gasteiger partial charge in [-0.3, -0.25) is 0 Å². The Morgan fingerprint density at radius 3 is 1.38 bits per heavy atom. The van der Waals surface area contributed by atoms with Gasteiger partial charge < -0.3 is 0 Å². The Hall–Kier alpha value is -0.560. The lowest BCUT2D eigenvalue weighted by atomic mass is 10.1. The van der Waals surface area contributed by atoms with Crippen molar-refractivity contribution in [1.29, 1.82) is 0 Å². The standard InChI is InChI=1S/C5H4F8/c6-2-3(7,8)1-4(9,10)5(11,12)13/h1-2H2. The van der Waals surface area contributed by atoms with Gasteiger partial charge in [0, 0.05) is 0 Å². The molecule has 0 bridgehead atoms. The fraction of sp³-hybridized carbons (Fsp3) is 1.00. The third-order valence-corrected chi connectivity index (χ3v) is 1.09. The summed E-state index contributed by atoms with van der Waals surface area (Å²) in [6.07, 6.45) is -8.94. The van der Waals surface area contributed by atoms with Crippen molar-refractivity contribution in [3.8, 4) is 0 Å². The maximum atomic E-state index is 11.8. The van der Waals surface area contributed by atoms with Gasteiger partial charge in [-0.25, -0.2) is 13.2 Å². The maximum Gasteiger partial charge on any atom is 0.453 e. The molecular weight excluding hydrogens is 212 g/mol. The summed E-state index contributed by atoms with van der Waals surface area (Å²) in [6, 6.07) is 0. The van der Waals surface area contributed by atoms with Crippen LogP contribution in [0.25, 0.3) is 0 Å². The van der Waals surface area contributed by atoms with Crippen molar-refractivity contribution in [2.45, 2.75) is 24.4 Å². The first-order valence-electron chi connectivity index (χ1n) is 2.90. The summed E-state index contributed by atoms with van der Waals surface area (Å²) in [6.45, 7) is -2.54. The number of rotatable bonds is 3. The molecule has 0 spiro atoms. The molecule has 80 valence electrons. The van der Waals surface area contributed by atoms with Crippen LogP contribution >= 0.6 is 0 Å². The van der Waals surface area contributed by atoms with E-state index in [-0.39, 0.29) is 0 Å². The number of halogens is 8. The molecular formula is C5H4F8. The molecule has 0 aromatic carbocycles. The minimum Gasteiger partial charge on any atom is -0.244 e. The van der Waals surface area contributed by atoms with Crippen LogP contribution in [0.5, 0.6) is 0 Å². The van der Waals surface area contributed by atoms with Gasteiger partial charge in [-0.05, 0) is 0 Å². The third kappa shape index (κ3) is 3.35. The summed E-state index contributed by atoms with van der Waals surface area (Å²) in [5.41, 5.74) is 0. The fourth-order valence-corrected chi connectivity index (χ4v) is 0.472. The average Bonchev–Trinajstić information content (AvgIpc) is 1.83. The molecule has 0 fully saturated rings. The van der Waals surface area contributed by atoms with E-state index in [2.05, 4.69) is 0 Å². The smallest absolute Gasteiger partial charge is 0.244 e. The van der Waals surface area contributed by atoms with E-state index in [1.807, 2.05) is 0 Å². The predicted octanol–water partition coefficient (Wildman–Crippen LogP) is 3.18. The van der Waals surface area contributed by atoms with Crippen molar-refractivity contribution >= 4 is 0 Å². The minimum atomic E-state index is -6.08. The van der Waals surface area contributed by atoms with E-state index in [1.54, 1.807) is 0 Å². The van der Waals surface area contributed by atoms with E-state index in [0.29, 0.717) is 0 Å². The molecule has 0 saturated heterocycles. The SMILES string of the molecule is FCC(F)(F)CC(F)(F)C(F)(F)F. The van der Waals surface area contributed by atoms with Crippen LogP contribution in [0.3, 0.4) is 0 Å². The Balaban J connectivity index is 4.52. The monoisotopic (exact) mass is 216 g/mol. The van der Waals surface area contributed by atoms with Crippen molar-refractivity contribution in [2.24, 2.45) is 0 Å². The topological polar surface area (TPSA) is 0 Å². The second kappa shape index (κ2) is 3.30. The summed E-state index contributed by atoms with van der Waals surface area (Å²) in [5.74, 6) is -10.2. The van der Waals surface area contributed by atoms with Gasteiger partial charge in [0.2, 0.25) is 0 Å². The van der Waals surface area contributed by atoms with Gasteiger partial charge in [-0.15, -0.1) is 0 Å². The Morgan fingerprint density at radius 2 is 1.15 bits per heavy atom. The quantitative estimate of drug-likeness (QED) is 0.635. The summed E-state index contributed by atoms with van der Waals surface area (Å²) in [7, 11) is 0. The molecule has 0 radical (unpaired) electrons. The molecule has 0 aliphatic carbocycles. The Labute approximate surface area is 67.5 Å². The lowest BCUT2D eigenvalue weighted by molar-refractivity contribution is -0.301. The normalized spacial score (nSPS) is 14.8. The molecule has 0 saturated carbocycles. The van der Waals surface area contributed by atoms with E-state index >= 15 is 0 Å². The van der Waals surface area contributed by atoms with Crippen LogP contribution < -0.4 is 0 Å². The van der Waals surface area contributed by atoms with Gasteiger partial charge in [0.05, 0.1) is 6.42 Å². The van der Waals surface area contributed by atoms with Crippen LogP contribution in [-0.4, -0.2) is 24.7 Å². The molecule has 0 amide bonds. The number of hydrogen-bond acceptors (Lipinski definition) is 0. The Kier molecular flexibility index (Phi) is 3.16. The van der Waals surface area contributed by atoms with Crippen molar-refractivity contribution in [3.63, 3.8) is 0 Å². The number of hydrogen-bond donors (Lipinski definition) is 0. The second-order valence-corrected chi connectivity index (χ2v) is 2.37. The van der Waals surface area contributed by atoms with Crippen LogP contribution in [0.2, 0.25) is 0 Å². The molecule has 0 heterocycles. The summed E-state index contributed by atoms with van der Waals surface area (Å²) in [5, 5.41) is 0. The van der Waals surface area contributed by atoms with Crippen LogP contribution in [-0.2, 0) is 0 Å². The van der Waals surface area contributed by atoms with Crippen LogP contribution in [0, 0.1) is 0 Å². The van der Waals surface area contributed by atoms with E-state index in [0.717, 1.165) is 0 Å². The number of alkyl halides is 8. The molecule has 8 heteroatoms. The van der Waals surface area contributed by atoms with Gasteiger partial charge in [0.25, 0.3) is 5.92 Å². The largest absolute Gasteiger partial charge is 0.453 e. The van der Waals surface area contributed by atoms with Gasteiger partial charge >= 0.3 is 12.1 Å². The van der Waals surface area contributed by atoms with E-state index in [4.69, 9.17) is 0 Å². The molecule has 0 aliphatic heterocycles. The zero-order valence-corrected chi connectivity index (χ0v) is 5.94. The molecule has 0 aliphatic rings. The van der Waals surface area contributed by atoms with Crippen molar-refractivity contribution < 1.29 is 35.1 Å². The molecule has 0 unspecified atom stereocenters. The zero-order chi connectivity index (χ0) is 10.9. The maximum absolute atomic E-state index is 11.8. The average molecular weight is 216 g/mol. The summed E-state index contributed by atoms with van der Waals surface area (Å²) < 4.78 is 92.5. The van der Waals surface area contributed by atoms with Crippen molar-refractivity contribution in [2.75, 3.05) is 6.67 Å². The molecule has 0 nitrogen and oxygen atoms in total. The van der Waals surface area contributed by atoms with Gasteiger partial charge in [-0.2, -0.15) is 22.0 Å². The lowest BCUT2D eigenvalue weighted by Gasteiger charge is -2.22. The molecule has 0 aromatic heterocycles. The highest BCUT2D eigenvalue weighted by atomic mass is 19.4. The van der Waals surface area contributed by atoms with Crippen LogP contribution in [0.4, 0.5) is 35.1 Å². The van der Waals surface area contributed by atoms with E-state index in [1.165, 1.54) is 0 Å². The Morgan fingerprint density at radius 1 is 0.769 bits per heavy atom. The first-order valence-corrected chi connectivity index (χ1v) is 2.90. The van der Waals surface area contributed by atoms with Gasteiger partial charge in [-0.1, -0.05) is 0 Å². The van der Waals surface area contributed by atoms with Crippen molar-refractivity contribution in [3.05, 3.63) is 0 Å². The molecule has 0 atom stereocenters. The molecule has 0 rings (SSSR count). The van der Waals surface area contributed by atoms with Gasteiger partial charge in [0.1, 0.15) is 0 Å². The van der Waals surface area contributed by atoms with Crippen LogP contribution in [0.15, 0.2) is 0 Å². The highest BCUT2D eigenvalue weighted by Crippen LogP contribution is 2.42. The van der Waals surface area contributed by atoms with Crippen LogP contribution in [0.1, 0.15) is 6.42 Å². The lowest BCUT2D eigenvalue weighted by Crippen LogP contribution is -2.42. The van der Waals surface area contributed by atoms with Crippen molar-refractivity contribution in [1.82, 2.24) is 0 Å². The minimum absolute atomic E-state index is 2.54. The summed E-state index contributed by atoms with van der Waals surface area (Å²) in [4.78, 5) is 0. The first kappa shape index (κ1) is 12.4. The zero-order valence-electron chi connectivity index (χ0n) is 5.94. The second-order valence-electron chi connectivity index (χ2n) is 2.37. The molecule has 13 heavy (non-hydrogen) atoms. The Bertz CT molecular complexity index is 168. The highest BCUT2D eigenvalue weighted by Gasteiger charge is 2.61. The highest BCUT2D eigenvalue weighted by molar-refractivity contribution is 4.82. The molecule has 0 N–H and O–H groups in total. The van der Waals surface area contributed by atoms with E-state index in [9.17, 15) is 35.1 Å². The van der Waals surface area contributed by atoms with Gasteiger partial charge in [0.15, 0.2) is 6.67 Å². The first-order chi connectivity index (χ1) is 5.52. The van der Waals surface area contributed by atoms with E-state index < -0.39 is 31.1 Å². The predicted molar refractivity (Wildman–Crippen MR) is 26.5 cm³/mol.